The lowest BCUT2D eigenvalue weighted by Crippen LogP contribution is -2.05. The predicted octanol–water partition coefficient (Wildman–Crippen LogP) is 3.75. The molecule has 0 aliphatic carbocycles. The van der Waals surface area contributed by atoms with Crippen LogP contribution in [0.15, 0.2) is 30.6 Å². The fourth-order valence-corrected chi connectivity index (χ4v) is 2.63. The number of carbonyl (C=O) groups is 1. The first-order valence-electron chi connectivity index (χ1n) is 6.98. The van der Waals surface area contributed by atoms with Gasteiger partial charge in [0.2, 0.25) is 0 Å². The lowest BCUT2D eigenvalue weighted by atomic mass is 10.0. The maximum absolute atomic E-state index is 11.6. The molecule has 0 bridgehead atoms. The van der Waals surface area contributed by atoms with Gasteiger partial charge in [-0.3, -0.25) is 4.98 Å². The number of ether oxygens (including phenoxy) is 1. The normalized spacial score (nSPS) is 10.8. The number of aromatic nitrogens is 3. The summed E-state index contributed by atoms with van der Waals surface area (Å²) in [7, 11) is 1.33. The molecule has 0 aromatic carbocycles. The first kappa shape index (κ1) is 15.4. The van der Waals surface area contributed by atoms with Crippen molar-refractivity contribution in [3.63, 3.8) is 0 Å². The average Bonchev–Trinajstić information content (AvgIpc) is 2.54. The summed E-state index contributed by atoms with van der Waals surface area (Å²) in [6.07, 6.45) is 3.36. The molecule has 3 heterocycles. The number of halogens is 1. The average molecular weight is 328 g/mol. The van der Waals surface area contributed by atoms with Gasteiger partial charge in [0.25, 0.3) is 0 Å². The Labute approximate surface area is 138 Å². The summed E-state index contributed by atoms with van der Waals surface area (Å²) in [6, 6.07) is 5.43. The smallest absolute Gasteiger partial charge is 0.356 e. The van der Waals surface area contributed by atoms with E-state index in [1.807, 2.05) is 19.9 Å². The van der Waals surface area contributed by atoms with Gasteiger partial charge in [0.15, 0.2) is 0 Å². The van der Waals surface area contributed by atoms with Gasteiger partial charge < -0.3 is 4.74 Å². The van der Waals surface area contributed by atoms with Crippen LogP contribution in [0.25, 0.3) is 22.0 Å². The molecule has 0 atom stereocenters. The Bertz CT molecular complexity index is 925. The first-order valence-corrected chi connectivity index (χ1v) is 7.35. The maximum Gasteiger partial charge on any atom is 0.356 e. The first-order chi connectivity index (χ1) is 11.0. The van der Waals surface area contributed by atoms with Crippen molar-refractivity contribution in [1.82, 2.24) is 15.0 Å². The van der Waals surface area contributed by atoms with Gasteiger partial charge in [-0.25, -0.2) is 14.8 Å². The Morgan fingerprint density at radius 2 is 1.91 bits per heavy atom. The quantitative estimate of drug-likeness (QED) is 0.530. The summed E-state index contributed by atoms with van der Waals surface area (Å²) in [4.78, 5) is 24.5. The van der Waals surface area contributed by atoms with Crippen LogP contribution in [-0.4, -0.2) is 28.0 Å². The van der Waals surface area contributed by atoms with E-state index in [0.717, 1.165) is 33.3 Å². The molecular weight excluding hydrogens is 314 g/mol. The van der Waals surface area contributed by atoms with Crippen molar-refractivity contribution >= 4 is 28.3 Å². The minimum absolute atomic E-state index is 0.278. The van der Waals surface area contributed by atoms with Crippen LogP contribution < -0.4 is 0 Å². The third kappa shape index (κ3) is 2.87. The number of pyridine rings is 3. The summed E-state index contributed by atoms with van der Waals surface area (Å²) in [5, 5.41) is 2.36. The summed E-state index contributed by atoms with van der Waals surface area (Å²) >= 11 is 5.94. The summed E-state index contributed by atoms with van der Waals surface area (Å²) < 4.78 is 4.69. The number of methoxy groups -OCH3 is 1. The topological polar surface area (TPSA) is 65.0 Å². The maximum atomic E-state index is 11.6. The second kappa shape index (κ2) is 5.93. The van der Waals surface area contributed by atoms with E-state index in [2.05, 4.69) is 19.7 Å². The lowest BCUT2D eigenvalue weighted by molar-refractivity contribution is 0.0594. The number of aryl methyl sites for hydroxylation is 2. The van der Waals surface area contributed by atoms with Gasteiger partial charge in [-0.2, -0.15) is 0 Å². The van der Waals surface area contributed by atoms with Crippen molar-refractivity contribution in [2.45, 2.75) is 13.8 Å². The Morgan fingerprint density at radius 1 is 1.13 bits per heavy atom. The molecule has 0 saturated heterocycles. The van der Waals surface area contributed by atoms with E-state index in [0.29, 0.717) is 5.15 Å². The van der Waals surface area contributed by atoms with Gasteiger partial charge >= 0.3 is 5.97 Å². The van der Waals surface area contributed by atoms with E-state index in [1.54, 1.807) is 24.5 Å². The molecule has 3 rings (SSSR count). The van der Waals surface area contributed by atoms with Gasteiger partial charge in [0.1, 0.15) is 10.8 Å². The third-order valence-corrected chi connectivity index (χ3v) is 3.86. The molecular formula is C17H14ClN3O2. The summed E-state index contributed by atoms with van der Waals surface area (Å²) in [5.41, 5.74) is 3.67. The van der Waals surface area contributed by atoms with Crippen molar-refractivity contribution in [3.05, 3.63) is 52.7 Å². The molecule has 0 saturated carbocycles. The Kier molecular flexibility index (Phi) is 3.96. The highest BCUT2D eigenvalue weighted by Crippen LogP contribution is 2.27. The SMILES string of the molecule is COC(=O)c1cc(C)c(-c2cc3cnc(Cl)cc3c(C)n2)cn1. The van der Waals surface area contributed by atoms with Crippen LogP contribution in [0.3, 0.4) is 0 Å². The van der Waals surface area contributed by atoms with Gasteiger partial charge in [-0.05, 0) is 37.6 Å². The fourth-order valence-electron chi connectivity index (χ4n) is 2.47. The number of rotatable bonds is 2. The zero-order valence-corrected chi connectivity index (χ0v) is 13.7. The Balaban J connectivity index is 2.13. The minimum Gasteiger partial charge on any atom is -0.464 e. The highest BCUT2D eigenvalue weighted by Gasteiger charge is 2.13. The molecule has 23 heavy (non-hydrogen) atoms. The number of hydrogen-bond acceptors (Lipinski definition) is 5. The van der Waals surface area contributed by atoms with Crippen LogP contribution in [0.1, 0.15) is 21.7 Å². The van der Waals surface area contributed by atoms with Crippen LogP contribution in [-0.2, 0) is 4.74 Å². The van der Waals surface area contributed by atoms with Crippen LogP contribution in [0.5, 0.6) is 0 Å². The molecule has 6 heteroatoms. The van der Waals surface area contributed by atoms with E-state index < -0.39 is 5.97 Å². The molecule has 0 amide bonds. The summed E-state index contributed by atoms with van der Waals surface area (Å²) in [6.45, 7) is 3.83. The Morgan fingerprint density at radius 3 is 2.61 bits per heavy atom. The Hall–Kier alpha value is -2.53. The predicted molar refractivity (Wildman–Crippen MR) is 88.6 cm³/mol. The van der Waals surface area contributed by atoms with Gasteiger partial charge in [-0.15, -0.1) is 0 Å². The number of esters is 1. The molecule has 0 fully saturated rings. The van der Waals surface area contributed by atoms with E-state index in [1.165, 1.54) is 7.11 Å². The molecule has 116 valence electrons. The van der Waals surface area contributed by atoms with Gasteiger partial charge in [-0.1, -0.05) is 11.6 Å². The monoisotopic (exact) mass is 327 g/mol. The summed E-state index contributed by atoms with van der Waals surface area (Å²) in [5.74, 6) is -0.457. The van der Waals surface area contributed by atoms with Crippen LogP contribution in [0.4, 0.5) is 0 Å². The largest absolute Gasteiger partial charge is 0.464 e. The molecule has 0 radical (unpaired) electrons. The minimum atomic E-state index is -0.457. The van der Waals surface area contributed by atoms with Crippen LogP contribution >= 0.6 is 11.6 Å². The number of fused-ring (bicyclic) bond motifs is 1. The van der Waals surface area contributed by atoms with Crippen LogP contribution in [0, 0.1) is 13.8 Å². The molecule has 0 N–H and O–H groups in total. The second-order valence-electron chi connectivity index (χ2n) is 5.20. The zero-order chi connectivity index (χ0) is 16.6. The third-order valence-electron chi connectivity index (χ3n) is 3.65. The standard InChI is InChI=1S/C17H14ClN3O2/c1-9-4-15(17(22)23-3)19-8-13(9)14-5-11-7-20-16(18)6-12(11)10(2)21-14/h4-8H,1-3H3. The zero-order valence-electron chi connectivity index (χ0n) is 12.9. The fraction of sp³-hybridized carbons (Fsp3) is 0.176. The van der Waals surface area contributed by atoms with Crippen molar-refractivity contribution in [2.75, 3.05) is 7.11 Å². The number of carbonyl (C=O) groups excluding carboxylic acids is 1. The van der Waals surface area contributed by atoms with Crippen LogP contribution in [0.2, 0.25) is 5.15 Å². The molecule has 5 nitrogen and oxygen atoms in total. The number of nitrogens with zero attached hydrogens (tertiary/aromatic N) is 3. The van der Waals surface area contributed by atoms with Crippen molar-refractivity contribution in [1.29, 1.82) is 0 Å². The molecule has 3 aromatic heterocycles. The molecule has 3 aromatic rings. The molecule has 0 spiro atoms. The molecule has 0 aliphatic rings. The van der Waals surface area contributed by atoms with Gasteiger partial charge in [0, 0.05) is 34.4 Å². The molecule has 0 unspecified atom stereocenters. The van der Waals surface area contributed by atoms with Gasteiger partial charge in [0.05, 0.1) is 12.8 Å². The highest BCUT2D eigenvalue weighted by atomic mass is 35.5. The van der Waals surface area contributed by atoms with E-state index in [9.17, 15) is 4.79 Å². The van der Waals surface area contributed by atoms with E-state index in [-0.39, 0.29) is 5.69 Å². The van der Waals surface area contributed by atoms with E-state index in [4.69, 9.17) is 11.6 Å². The molecule has 0 aliphatic heterocycles. The van der Waals surface area contributed by atoms with E-state index >= 15 is 0 Å². The van der Waals surface area contributed by atoms with Crippen molar-refractivity contribution in [3.8, 4) is 11.3 Å². The number of hydrogen-bond donors (Lipinski definition) is 0. The van der Waals surface area contributed by atoms with Crippen molar-refractivity contribution < 1.29 is 9.53 Å². The highest BCUT2D eigenvalue weighted by molar-refractivity contribution is 6.30. The second-order valence-corrected chi connectivity index (χ2v) is 5.58. The lowest BCUT2D eigenvalue weighted by Gasteiger charge is -2.10. The van der Waals surface area contributed by atoms with Crippen molar-refractivity contribution in [2.24, 2.45) is 0 Å².